The Hall–Kier alpha value is -1.09. The molecule has 2 aromatic rings. The van der Waals surface area contributed by atoms with Gasteiger partial charge in [-0.25, -0.2) is 13.2 Å². The molecule has 0 saturated heterocycles. The fourth-order valence-electron chi connectivity index (χ4n) is 1.55. The number of halogens is 2. The molecule has 5 nitrogen and oxygen atoms in total. The summed E-state index contributed by atoms with van der Waals surface area (Å²) in [6.07, 6.45) is 0. The Bertz CT molecular complexity index is 797. The van der Waals surface area contributed by atoms with Gasteiger partial charge in [0.05, 0.1) is 20.1 Å². The number of para-hydroxylation sites is 1. The van der Waals surface area contributed by atoms with Gasteiger partial charge < -0.3 is 5.11 Å². The molecule has 112 valence electrons. The summed E-state index contributed by atoms with van der Waals surface area (Å²) in [5, 5.41) is 9.13. The largest absolute Gasteiger partial charge is 0.478 e. The number of sulfonamides is 1. The lowest BCUT2D eigenvalue weighted by atomic mass is 10.2. The molecule has 21 heavy (non-hydrogen) atoms. The molecule has 0 radical (unpaired) electrons. The smallest absolute Gasteiger partial charge is 0.337 e. The standard InChI is InChI=1S/C12H9BrClNO4S2/c1-6-5-9(20-11(6)13)21(18,19)15-10-7(12(16)17)3-2-4-8(10)14/h2-5,15H,1H3,(H,16,17). The zero-order valence-corrected chi connectivity index (χ0v) is 14.5. The third kappa shape index (κ3) is 3.39. The van der Waals surface area contributed by atoms with Crippen molar-refractivity contribution in [1.29, 1.82) is 0 Å². The molecule has 0 spiro atoms. The lowest BCUT2D eigenvalue weighted by Crippen LogP contribution is -2.15. The van der Waals surface area contributed by atoms with E-state index in [1.54, 1.807) is 6.92 Å². The molecule has 2 rings (SSSR count). The van der Waals surface area contributed by atoms with Gasteiger partial charge in [0.15, 0.2) is 0 Å². The van der Waals surface area contributed by atoms with E-state index in [0.717, 1.165) is 16.9 Å². The maximum atomic E-state index is 12.3. The third-order valence-electron chi connectivity index (χ3n) is 2.58. The maximum Gasteiger partial charge on any atom is 0.337 e. The molecule has 0 bridgehead atoms. The van der Waals surface area contributed by atoms with Gasteiger partial charge in [-0.3, -0.25) is 4.72 Å². The molecule has 0 aliphatic rings. The Labute approximate surface area is 138 Å². The van der Waals surface area contributed by atoms with Crippen LogP contribution in [0.15, 0.2) is 32.3 Å². The minimum atomic E-state index is -3.90. The van der Waals surface area contributed by atoms with Gasteiger partial charge in [0, 0.05) is 0 Å². The van der Waals surface area contributed by atoms with E-state index >= 15 is 0 Å². The van der Waals surface area contributed by atoms with Crippen molar-refractivity contribution in [3.05, 3.63) is 44.2 Å². The van der Waals surface area contributed by atoms with E-state index < -0.39 is 16.0 Å². The van der Waals surface area contributed by atoms with Gasteiger partial charge in [-0.1, -0.05) is 17.7 Å². The van der Waals surface area contributed by atoms with Crippen LogP contribution in [-0.4, -0.2) is 19.5 Å². The molecule has 1 heterocycles. The number of carboxylic acid groups (broad SMARTS) is 1. The molecule has 0 atom stereocenters. The highest BCUT2D eigenvalue weighted by Crippen LogP contribution is 2.34. The van der Waals surface area contributed by atoms with E-state index in [1.807, 2.05) is 0 Å². The van der Waals surface area contributed by atoms with Crippen LogP contribution in [0.2, 0.25) is 5.02 Å². The molecule has 1 aromatic heterocycles. The van der Waals surface area contributed by atoms with Crippen LogP contribution in [-0.2, 0) is 10.0 Å². The fraction of sp³-hybridized carbons (Fsp3) is 0.0833. The lowest BCUT2D eigenvalue weighted by Gasteiger charge is -2.10. The molecule has 0 aliphatic carbocycles. The van der Waals surface area contributed by atoms with Crippen molar-refractivity contribution in [1.82, 2.24) is 0 Å². The molecular formula is C12H9BrClNO4S2. The highest BCUT2D eigenvalue weighted by molar-refractivity contribution is 9.11. The second-order valence-corrected chi connectivity index (χ2v) is 8.78. The van der Waals surface area contributed by atoms with Crippen LogP contribution in [0, 0.1) is 6.92 Å². The Balaban J connectivity index is 2.49. The number of hydrogen-bond donors (Lipinski definition) is 2. The van der Waals surface area contributed by atoms with Crippen LogP contribution in [0.1, 0.15) is 15.9 Å². The van der Waals surface area contributed by atoms with Crippen molar-refractivity contribution in [3.63, 3.8) is 0 Å². The number of anilines is 1. The quantitative estimate of drug-likeness (QED) is 0.799. The van der Waals surface area contributed by atoms with Crippen molar-refractivity contribution in [2.75, 3.05) is 4.72 Å². The van der Waals surface area contributed by atoms with Gasteiger partial charge in [-0.05, 0) is 46.6 Å². The predicted molar refractivity (Wildman–Crippen MR) is 86.0 cm³/mol. The number of carboxylic acids is 1. The number of thiophene rings is 1. The van der Waals surface area contributed by atoms with E-state index in [9.17, 15) is 13.2 Å². The van der Waals surface area contributed by atoms with E-state index in [-0.39, 0.29) is 20.5 Å². The van der Waals surface area contributed by atoms with Crippen LogP contribution < -0.4 is 4.72 Å². The second kappa shape index (κ2) is 5.96. The first-order valence-electron chi connectivity index (χ1n) is 5.53. The number of nitrogens with one attached hydrogen (secondary N) is 1. The fourth-order valence-corrected chi connectivity index (χ4v) is 5.16. The van der Waals surface area contributed by atoms with Crippen molar-refractivity contribution in [2.45, 2.75) is 11.1 Å². The zero-order valence-electron chi connectivity index (χ0n) is 10.6. The van der Waals surface area contributed by atoms with Gasteiger partial charge in [0.25, 0.3) is 10.0 Å². The Morgan fingerprint density at radius 3 is 2.62 bits per heavy atom. The zero-order chi connectivity index (χ0) is 15.8. The summed E-state index contributed by atoms with van der Waals surface area (Å²) in [5.74, 6) is -1.27. The highest BCUT2D eigenvalue weighted by atomic mass is 79.9. The SMILES string of the molecule is Cc1cc(S(=O)(=O)Nc2c(Cl)cccc2C(=O)O)sc1Br. The Morgan fingerprint density at radius 1 is 1.43 bits per heavy atom. The monoisotopic (exact) mass is 409 g/mol. The molecule has 0 unspecified atom stereocenters. The Morgan fingerprint density at radius 2 is 2.10 bits per heavy atom. The highest BCUT2D eigenvalue weighted by Gasteiger charge is 2.23. The number of hydrogen-bond acceptors (Lipinski definition) is 4. The van der Waals surface area contributed by atoms with Crippen LogP contribution in [0.4, 0.5) is 5.69 Å². The summed E-state index contributed by atoms with van der Waals surface area (Å²) < 4.78 is 27.7. The van der Waals surface area contributed by atoms with Crippen LogP contribution in [0.3, 0.4) is 0 Å². The molecular weight excluding hydrogens is 402 g/mol. The summed E-state index contributed by atoms with van der Waals surface area (Å²) in [7, 11) is -3.90. The third-order valence-corrected chi connectivity index (χ3v) is 6.85. The first kappa shape index (κ1) is 16.3. The van der Waals surface area contributed by atoms with E-state index in [2.05, 4.69) is 20.7 Å². The van der Waals surface area contributed by atoms with Gasteiger partial charge in [-0.2, -0.15) is 0 Å². The van der Waals surface area contributed by atoms with Crippen molar-refractivity contribution < 1.29 is 18.3 Å². The molecule has 1 aromatic carbocycles. The van der Waals surface area contributed by atoms with Crippen molar-refractivity contribution >= 4 is 60.5 Å². The number of benzene rings is 1. The number of aryl methyl sites for hydroxylation is 1. The molecule has 0 saturated carbocycles. The average molecular weight is 411 g/mol. The van der Waals surface area contributed by atoms with Gasteiger partial charge in [-0.15, -0.1) is 11.3 Å². The number of carbonyl (C=O) groups is 1. The van der Waals surface area contributed by atoms with Gasteiger partial charge in [0.2, 0.25) is 0 Å². The molecule has 2 N–H and O–H groups in total. The normalized spacial score (nSPS) is 11.4. The number of rotatable bonds is 4. The first-order chi connectivity index (χ1) is 9.72. The van der Waals surface area contributed by atoms with Crippen LogP contribution >= 0.6 is 38.9 Å². The number of aromatic carboxylic acids is 1. The van der Waals surface area contributed by atoms with Gasteiger partial charge in [0.1, 0.15) is 4.21 Å². The van der Waals surface area contributed by atoms with E-state index in [1.165, 1.54) is 24.3 Å². The topological polar surface area (TPSA) is 83.5 Å². The Kier molecular flexibility index (Phi) is 4.62. The maximum absolute atomic E-state index is 12.3. The summed E-state index contributed by atoms with van der Waals surface area (Å²) >= 11 is 10.2. The first-order valence-corrected chi connectivity index (χ1v) is 9.00. The lowest BCUT2D eigenvalue weighted by molar-refractivity contribution is 0.0698. The summed E-state index contributed by atoms with van der Waals surface area (Å²) in [5.41, 5.74) is 0.422. The predicted octanol–water partition coefficient (Wildman–Crippen LogP) is 3.97. The molecule has 0 fully saturated rings. The van der Waals surface area contributed by atoms with Crippen LogP contribution in [0.25, 0.3) is 0 Å². The summed E-state index contributed by atoms with van der Waals surface area (Å²) in [6.45, 7) is 1.76. The van der Waals surface area contributed by atoms with E-state index in [0.29, 0.717) is 3.79 Å². The van der Waals surface area contributed by atoms with Crippen LogP contribution in [0.5, 0.6) is 0 Å². The van der Waals surface area contributed by atoms with E-state index in [4.69, 9.17) is 16.7 Å². The summed E-state index contributed by atoms with van der Waals surface area (Å²) in [6, 6.07) is 5.63. The second-order valence-electron chi connectivity index (χ2n) is 4.10. The molecule has 0 amide bonds. The van der Waals surface area contributed by atoms with Gasteiger partial charge >= 0.3 is 5.97 Å². The molecule has 9 heteroatoms. The minimum Gasteiger partial charge on any atom is -0.478 e. The summed E-state index contributed by atoms with van der Waals surface area (Å²) in [4.78, 5) is 11.2. The minimum absolute atomic E-state index is 0.0193. The van der Waals surface area contributed by atoms with Crippen molar-refractivity contribution in [2.24, 2.45) is 0 Å². The molecule has 0 aliphatic heterocycles. The average Bonchev–Trinajstić information content (AvgIpc) is 2.72. The van der Waals surface area contributed by atoms with Crippen molar-refractivity contribution in [3.8, 4) is 0 Å².